The smallest absolute Gasteiger partial charge is 0.315 e. The molecule has 0 saturated carbocycles. The minimum atomic E-state index is -0.120. The summed E-state index contributed by atoms with van der Waals surface area (Å²) in [4.78, 5) is 16.0. The highest BCUT2D eigenvalue weighted by atomic mass is 32.2. The highest BCUT2D eigenvalue weighted by Crippen LogP contribution is 2.16. The third kappa shape index (κ3) is 6.90. The molecule has 2 N–H and O–H groups in total. The van der Waals surface area contributed by atoms with Crippen LogP contribution >= 0.6 is 11.8 Å². The number of nitrogens with one attached hydrogen (secondary N) is 2. The summed E-state index contributed by atoms with van der Waals surface area (Å²) in [5.74, 6) is 0.844. The average Bonchev–Trinajstić information content (AvgIpc) is 2.73. The predicted octanol–water partition coefficient (Wildman–Crippen LogP) is 3.15. The van der Waals surface area contributed by atoms with Crippen LogP contribution in [0.3, 0.4) is 0 Å². The van der Waals surface area contributed by atoms with Gasteiger partial charge in [0.15, 0.2) is 0 Å². The van der Waals surface area contributed by atoms with Crippen LogP contribution in [0.5, 0.6) is 0 Å². The van der Waals surface area contributed by atoms with E-state index in [1.54, 1.807) is 11.8 Å². The Hall–Kier alpha value is -2.02. The lowest BCUT2D eigenvalue weighted by molar-refractivity contribution is 0.0340. The summed E-state index contributed by atoms with van der Waals surface area (Å²) in [6.45, 7) is 4.74. The van der Waals surface area contributed by atoms with Crippen LogP contribution in [0.4, 0.5) is 4.79 Å². The van der Waals surface area contributed by atoms with E-state index >= 15 is 0 Å². The quantitative estimate of drug-likeness (QED) is 0.541. The van der Waals surface area contributed by atoms with Crippen LogP contribution in [0.15, 0.2) is 65.6 Å². The molecule has 2 aromatic carbocycles. The monoisotopic (exact) mass is 385 g/mol. The largest absolute Gasteiger partial charge is 0.379 e. The molecule has 1 saturated heterocycles. The lowest BCUT2D eigenvalue weighted by Crippen LogP contribution is -2.45. The second-order valence-corrected chi connectivity index (χ2v) is 7.61. The lowest BCUT2D eigenvalue weighted by atomic mass is 10.1. The summed E-state index contributed by atoms with van der Waals surface area (Å²) in [6.07, 6.45) is 0. The molecule has 2 amide bonds. The van der Waals surface area contributed by atoms with Crippen molar-refractivity contribution >= 4 is 17.8 Å². The van der Waals surface area contributed by atoms with Crippen molar-refractivity contribution in [2.75, 3.05) is 45.1 Å². The number of hydrogen-bond acceptors (Lipinski definition) is 4. The van der Waals surface area contributed by atoms with E-state index in [9.17, 15) is 4.79 Å². The van der Waals surface area contributed by atoms with Gasteiger partial charge >= 0.3 is 6.03 Å². The van der Waals surface area contributed by atoms with Crippen LogP contribution in [-0.2, 0) is 4.74 Å². The maximum Gasteiger partial charge on any atom is 0.315 e. The molecule has 0 aromatic heterocycles. The van der Waals surface area contributed by atoms with Gasteiger partial charge < -0.3 is 15.4 Å². The third-order valence-electron chi connectivity index (χ3n) is 4.45. The Kier molecular flexibility index (Phi) is 8.02. The molecule has 1 atom stereocenters. The molecule has 1 unspecified atom stereocenters. The van der Waals surface area contributed by atoms with Gasteiger partial charge in [0.2, 0.25) is 0 Å². The number of carbonyl (C=O) groups is 1. The number of nitrogens with zero attached hydrogens (tertiary/aromatic N) is 1. The summed E-state index contributed by atoms with van der Waals surface area (Å²) in [5.41, 5.74) is 1.12. The third-order valence-corrected chi connectivity index (χ3v) is 5.47. The van der Waals surface area contributed by atoms with Gasteiger partial charge in [-0.1, -0.05) is 48.5 Å². The Morgan fingerprint density at radius 2 is 1.70 bits per heavy atom. The molecular formula is C21H27N3O2S. The molecule has 1 heterocycles. The molecule has 1 fully saturated rings. The first-order valence-electron chi connectivity index (χ1n) is 9.38. The van der Waals surface area contributed by atoms with E-state index < -0.39 is 0 Å². The highest BCUT2D eigenvalue weighted by molar-refractivity contribution is 7.99. The summed E-state index contributed by atoms with van der Waals surface area (Å²) in [5, 5.41) is 6.11. The summed E-state index contributed by atoms with van der Waals surface area (Å²) in [7, 11) is 0. The SMILES string of the molecule is O=C(NCCSc1ccccc1)NC(CN1CCOCC1)c1ccccc1. The summed E-state index contributed by atoms with van der Waals surface area (Å²) >= 11 is 1.74. The Morgan fingerprint density at radius 3 is 2.41 bits per heavy atom. The molecule has 27 heavy (non-hydrogen) atoms. The molecular weight excluding hydrogens is 358 g/mol. The zero-order chi connectivity index (χ0) is 18.7. The van der Waals surface area contributed by atoms with Gasteiger partial charge in [-0.2, -0.15) is 0 Å². The average molecular weight is 386 g/mol. The van der Waals surface area contributed by atoms with Gasteiger partial charge in [-0.15, -0.1) is 11.8 Å². The maximum atomic E-state index is 12.4. The molecule has 5 nitrogen and oxygen atoms in total. The van der Waals surface area contributed by atoms with E-state index in [1.165, 1.54) is 4.90 Å². The number of carbonyl (C=O) groups excluding carboxylic acids is 1. The number of benzene rings is 2. The molecule has 0 radical (unpaired) electrons. The molecule has 0 bridgehead atoms. The molecule has 6 heteroatoms. The molecule has 0 aliphatic carbocycles. The van der Waals surface area contributed by atoms with Crippen LogP contribution < -0.4 is 10.6 Å². The first-order valence-corrected chi connectivity index (χ1v) is 10.4. The van der Waals surface area contributed by atoms with Gasteiger partial charge in [0.05, 0.1) is 19.3 Å². The van der Waals surface area contributed by atoms with Gasteiger partial charge in [-0.05, 0) is 17.7 Å². The fourth-order valence-corrected chi connectivity index (χ4v) is 3.81. The minimum Gasteiger partial charge on any atom is -0.379 e. The topological polar surface area (TPSA) is 53.6 Å². The van der Waals surface area contributed by atoms with Crippen LogP contribution in [0, 0.1) is 0 Å². The number of ether oxygens (including phenoxy) is 1. The minimum absolute atomic E-state index is 0.0360. The van der Waals surface area contributed by atoms with Crippen LogP contribution in [0.2, 0.25) is 0 Å². The number of amides is 2. The molecule has 0 spiro atoms. The van der Waals surface area contributed by atoms with Gasteiger partial charge in [0, 0.05) is 36.8 Å². The van der Waals surface area contributed by atoms with Crippen molar-refractivity contribution < 1.29 is 9.53 Å². The Bertz CT molecular complexity index is 678. The Balaban J connectivity index is 1.47. The summed E-state index contributed by atoms with van der Waals surface area (Å²) < 4.78 is 5.43. The Morgan fingerprint density at radius 1 is 1.04 bits per heavy atom. The number of morpholine rings is 1. The van der Waals surface area contributed by atoms with E-state index in [0.29, 0.717) is 6.54 Å². The van der Waals surface area contributed by atoms with E-state index in [2.05, 4.69) is 39.8 Å². The van der Waals surface area contributed by atoms with Gasteiger partial charge in [0.1, 0.15) is 0 Å². The van der Waals surface area contributed by atoms with E-state index in [-0.39, 0.29) is 12.1 Å². The van der Waals surface area contributed by atoms with E-state index in [0.717, 1.165) is 44.2 Å². The van der Waals surface area contributed by atoms with Crippen molar-refractivity contribution in [3.05, 3.63) is 66.2 Å². The number of urea groups is 1. The molecule has 144 valence electrons. The van der Waals surface area contributed by atoms with Crippen LogP contribution in [-0.4, -0.2) is 56.1 Å². The number of hydrogen-bond donors (Lipinski definition) is 2. The zero-order valence-electron chi connectivity index (χ0n) is 15.5. The van der Waals surface area contributed by atoms with Crippen LogP contribution in [0.1, 0.15) is 11.6 Å². The highest BCUT2D eigenvalue weighted by Gasteiger charge is 2.19. The van der Waals surface area contributed by atoms with E-state index in [1.807, 2.05) is 36.4 Å². The van der Waals surface area contributed by atoms with Crippen LogP contribution in [0.25, 0.3) is 0 Å². The predicted molar refractivity (Wildman–Crippen MR) is 110 cm³/mol. The van der Waals surface area contributed by atoms with Crippen molar-refractivity contribution in [3.8, 4) is 0 Å². The molecule has 1 aliphatic heterocycles. The van der Waals surface area contributed by atoms with Crippen molar-refractivity contribution in [3.63, 3.8) is 0 Å². The standard InChI is InChI=1S/C21H27N3O2S/c25-21(22-11-16-27-19-9-5-2-6-10-19)23-20(18-7-3-1-4-8-18)17-24-12-14-26-15-13-24/h1-10,20H,11-17H2,(H2,22,23,25). The van der Waals surface area contributed by atoms with Crippen molar-refractivity contribution in [2.45, 2.75) is 10.9 Å². The number of thioether (sulfide) groups is 1. The molecule has 3 rings (SSSR count). The first-order chi connectivity index (χ1) is 13.3. The van der Waals surface area contributed by atoms with Crippen molar-refractivity contribution in [1.29, 1.82) is 0 Å². The normalized spacial score (nSPS) is 15.9. The second-order valence-electron chi connectivity index (χ2n) is 6.44. The molecule has 2 aromatic rings. The maximum absolute atomic E-state index is 12.4. The van der Waals surface area contributed by atoms with Gasteiger partial charge in [-0.3, -0.25) is 4.90 Å². The van der Waals surface area contributed by atoms with Gasteiger partial charge in [-0.25, -0.2) is 4.79 Å². The van der Waals surface area contributed by atoms with Crippen molar-refractivity contribution in [1.82, 2.24) is 15.5 Å². The zero-order valence-corrected chi connectivity index (χ0v) is 16.3. The Labute approximate surface area is 165 Å². The second kappa shape index (κ2) is 11.0. The van der Waals surface area contributed by atoms with Gasteiger partial charge in [0.25, 0.3) is 0 Å². The fraction of sp³-hybridized carbons (Fsp3) is 0.381. The van der Waals surface area contributed by atoms with E-state index in [4.69, 9.17) is 4.74 Å². The summed E-state index contributed by atoms with van der Waals surface area (Å²) in [6, 6.07) is 20.2. The first kappa shape index (κ1) is 19.7. The fourth-order valence-electron chi connectivity index (χ4n) is 3.02. The number of rotatable bonds is 8. The lowest BCUT2D eigenvalue weighted by Gasteiger charge is -2.31. The van der Waals surface area contributed by atoms with Crippen molar-refractivity contribution in [2.24, 2.45) is 0 Å². The molecule has 1 aliphatic rings.